The van der Waals surface area contributed by atoms with E-state index in [9.17, 15) is 4.21 Å². The van der Waals surface area contributed by atoms with Crippen molar-refractivity contribution in [3.05, 3.63) is 60.1 Å². The van der Waals surface area contributed by atoms with Gasteiger partial charge in [0.1, 0.15) is 12.4 Å². The summed E-state index contributed by atoms with van der Waals surface area (Å²) in [5.74, 6) is 2.72. The quantitative estimate of drug-likeness (QED) is 0.357. The molecular formula is C19H27N3O3S. The van der Waals surface area contributed by atoms with Crippen molar-refractivity contribution in [2.45, 2.75) is 18.8 Å². The molecule has 0 fully saturated rings. The SMILES string of the molecule is CN=C(NCCCOCc1ccco1)NCCS(=O)Cc1ccccc1. The maximum atomic E-state index is 12.1. The minimum atomic E-state index is -0.888. The fourth-order valence-corrected chi connectivity index (χ4v) is 3.32. The molecule has 6 nitrogen and oxygen atoms in total. The van der Waals surface area contributed by atoms with E-state index in [0.717, 1.165) is 24.3 Å². The Labute approximate surface area is 157 Å². The lowest BCUT2D eigenvalue weighted by molar-refractivity contribution is 0.105. The standard InChI is InChI=1S/C19H27N3O3S/c1-20-19(21-10-6-12-24-15-18-9-5-13-25-18)22-11-14-26(23)16-17-7-3-2-4-8-17/h2-5,7-9,13H,6,10-12,14-16H2,1H3,(H2,20,21,22). The van der Waals surface area contributed by atoms with Crippen LogP contribution in [0.4, 0.5) is 0 Å². The van der Waals surface area contributed by atoms with E-state index < -0.39 is 10.8 Å². The highest BCUT2D eigenvalue weighted by Gasteiger charge is 2.03. The fraction of sp³-hybridized carbons (Fsp3) is 0.421. The van der Waals surface area contributed by atoms with Gasteiger partial charge in [-0.05, 0) is 24.1 Å². The van der Waals surface area contributed by atoms with E-state index in [4.69, 9.17) is 9.15 Å². The number of rotatable bonds is 11. The molecule has 1 unspecified atom stereocenters. The van der Waals surface area contributed by atoms with Gasteiger partial charge in [-0.1, -0.05) is 30.3 Å². The molecule has 1 aromatic heterocycles. The molecule has 0 aliphatic carbocycles. The van der Waals surface area contributed by atoms with Crippen LogP contribution in [-0.4, -0.2) is 42.7 Å². The minimum Gasteiger partial charge on any atom is -0.467 e. The predicted octanol–water partition coefficient (Wildman–Crippen LogP) is 2.30. The summed E-state index contributed by atoms with van der Waals surface area (Å²) >= 11 is 0. The number of benzene rings is 1. The number of nitrogens with one attached hydrogen (secondary N) is 2. The van der Waals surface area contributed by atoms with Gasteiger partial charge in [-0.15, -0.1) is 0 Å². The van der Waals surface area contributed by atoms with Crippen LogP contribution in [0.2, 0.25) is 0 Å². The first-order valence-corrected chi connectivity index (χ1v) is 10.2. The lowest BCUT2D eigenvalue weighted by atomic mass is 10.2. The van der Waals surface area contributed by atoms with E-state index >= 15 is 0 Å². The highest BCUT2D eigenvalue weighted by molar-refractivity contribution is 7.84. The average molecular weight is 378 g/mol. The molecule has 2 aromatic rings. The van der Waals surface area contributed by atoms with E-state index in [0.29, 0.717) is 37.2 Å². The number of aliphatic imine (C=N–C) groups is 1. The molecule has 0 aliphatic heterocycles. The number of hydrogen-bond donors (Lipinski definition) is 2. The molecule has 0 aliphatic rings. The van der Waals surface area contributed by atoms with Crippen molar-refractivity contribution < 1.29 is 13.4 Å². The molecule has 1 heterocycles. The number of ether oxygens (including phenoxy) is 1. The van der Waals surface area contributed by atoms with Crippen LogP contribution in [0.25, 0.3) is 0 Å². The molecule has 26 heavy (non-hydrogen) atoms. The van der Waals surface area contributed by atoms with E-state index in [1.807, 2.05) is 42.5 Å². The van der Waals surface area contributed by atoms with Gasteiger partial charge < -0.3 is 19.8 Å². The Hall–Kier alpha value is -2.12. The maximum Gasteiger partial charge on any atom is 0.191 e. The van der Waals surface area contributed by atoms with Crippen molar-refractivity contribution in [3.63, 3.8) is 0 Å². The van der Waals surface area contributed by atoms with Crippen molar-refractivity contribution in [2.24, 2.45) is 4.99 Å². The number of guanidine groups is 1. The van der Waals surface area contributed by atoms with Gasteiger partial charge in [-0.3, -0.25) is 9.20 Å². The lowest BCUT2D eigenvalue weighted by Crippen LogP contribution is -2.39. The molecule has 1 atom stereocenters. The third-order valence-corrected chi connectivity index (χ3v) is 4.91. The van der Waals surface area contributed by atoms with Crippen LogP contribution >= 0.6 is 0 Å². The van der Waals surface area contributed by atoms with Crippen molar-refractivity contribution in [1.29, 1.82) is 0 Å². The van der Waals surface area contributed by atoms with Gasteiger partial charge in [-0.2, -0.15) is 0 Å². The van der Waals surface area contributed by atoms with Gasteiger partial charge in [-0.25, -0.2) is 0 Å². The zero-order chi connectivity index (χ0) is 18.5. The first-order valence-electron chi connectivity index (χ1n) is 8.71. The van der Waals surface area contributed by atoms with Crippen LogP contribution in [0, 0.1) is 0 Å². The zero-order valence-electron chi connectivity index (χ0n) is 15.1. The molecule has 7 heteroatoms. The Morgan fingerprint density at radius 2 is 1.96 bits per heavy atom. The van der Waals surface area contributed by atoms with Crippen LogP contribution in [0.5, 0.6) is 0 Å². The normalized spacial score (nSPS) is 12.7. The van der Waals surface area contributed by atoms with Gasteiger partial charge in [0.15, 0.2) is 5.96 Å². The summed E-state index contributed by atoms with van der Waals surface area (Å²) in [4.78, 5) is 4.17. The molecule has 0 amide bonds. The van der Waals surface area contributed by atoms with E-state index in [1.165, 1.54) is 0 Å². The topological polar surface area (TPSA) is 75.9 Å². The Morgan fingerprint density at radius 3 is 2.69 bits per heavy atom. The van der Waals surface area contributed by atoms with Crippen molar-refractivity contribution in [1.82, 2.24) is 10.6 Å². The molecule has 0 bridgehead atoms. The summed E-state index contributed by atoms with van der Waals surface area (Å²) in [6, 6.07) is 13.6. The Morgan fingerprint density at radius 1 is 1.15 bits per heavy atom. The second-order valence-corrected chi connectivity index (χ2v) is 7.26. The van der Waals surface area contributed by atoms with Crippen LogP contribution in [-0.2, 0) is 27.9 Å². The molecule has 142 valence electrons. The maximum absolute atomic E-state index is 12.1. The molecule has 0 saturated carbocycles. The zero-order valence-corrected chi connectivity index (χ0v) is 16.0. The van der Waals surface area contributed by atoms with Crippen LogP contribution in [0.15, 0.2) is 58.1 Å². The van der Waals surface area contributed by atoms with Crippen LogP contribution < -0.4 is 10.6 Å². The van der Waals surface area contributed by atoms with Gasteiger partial charge in [0.05, 0.1) is 6.26 Å². The number of furan rings is 1. The molecule has 0 spiro atoms. The van der Waals surface area contributed by atoms with Crippen molar-refractivity contribution >= 4 is 16.8 Å². The Balaban J connectivity index is 1.51. The van der Waals surface area contributed by atoms with Crippen LogP contribution in [0.1, 0.15) is 17.7 Å². The first-order chi connectivity index (χ1) is 12.8. The molecule has 0 radical (unpaired) electrons. The van der Waals surface area contributed by atoms with Crippen molar-refractivity contribution in [2.75, 3.05) is 32.5 Å². The summed E-state index contributed by atoms with van der Waals surface area (Å²) in [7, 11) is 0.837. The molecule has 2 N–H and O–H groups in total. The van der Waals surface area contributed by atoms with Crippen LogP contribution in [0.3, 0.4) is 0 Å². The molecule has 2 rings (SSSR count). The average Bonchev–Trinajstić information content (AvgIpc) is 3.17. The summed E-state index contributed by atoms with van der Waals surface area (Å²) < 4.78 is 22.8. The van der Waals surface area contributed by atoms with E-state index in [1.54, 1.807) is 13.3 Å². The summed E-state index contributed by atoms with van der Waals surface area (Å²) in [6.07, 6.45) is 2.50. The highest BCUT2D eigenvalue weighted by Crippen LogP contribution is 2.03. The summed E-state index contributed by atoms with van der Waals surface area (Å²) in [5, 5.41) is 6.41. The van der Waals surface area contributed by atoms with E-state index in [2.05, 4.69) is 15.6 Å². The van der Waals surface area contributed by atoms with Crippen molar-refractivity contribution in [3.8, 4) is 0 Å². The fourth-order valence-electron chi connectivity index (χ4n) is 2.28. The molecule has 1 aromatic carbocycles. The monoisotopic (exact) mass is 377 g/mol. The van der Waals surface area contributed by atoms with Gasteiger partial charge in [0.2, 0.25) is 0 Å². The highest BCUT2D eigenvalue weighted by atomic mass is 32.2. The predicted molar refractivity (Wildman–Crippen MR) is 106 cm³/mol. The summed E-state index contributed by atoms with van der Waals surface area (Å²) in [6.45, 7) is 2.51. The first kappa shape index (κ1) is 20.2. The largest absolute Gasteiger partial charge is 0.467 e. The number of nitrogens with zero attached hydrogens (tertiary/aromatic N) is 1. The smallest absolute Gasteiger partial charge is 0.191 e. The summed E-state index contributed by atoms with van der Waals surface area (Å²) in [5.41, 5.74) is 1.10. The van der Waals surface area contributed by atoms with Gasteiger partial charge >= 0.3 is 0 Å². The lowest BCUT2D eigenvalue weighted by Gasteiger charge is -2.11. The minimum absolute atomic E-state index is 0.493. The molecule has 0 saturated heterocycles. The Bertz CT molecular complexity index is 660. The third-order valence-electron chi connectivity index (χ3n) is 3.60. The second-order valence-electron chi connectivity index (χ2n) is 5.69. The Kier molecular flexibility index (Phi) is 9.53. The number of hydrogen-bond acceptors (Lipinski definition) is 4. The van der Waals surface area contributed by atoms with Gasteiger partial charge in [0.25, 0.3) is 0 Å². The molecular weight excluding hydrogens is 350 g/mol. The van der Waals surface area contributed by atoms with Gasteiger partial charge in [0, 0.05) is 49.0 Å². The third kappa shape index (κ3) is 8.31. The second kappa shape index (κ2) is 12.3. The van der Waals surface area contributed by atoms with E-state index in [-0.39, 0.29) is 0 Å².